The molecule has 1 aromatic carbocycles. The lowest BCUT2D eigenvalue weighted by molar-refractivity contribution is -0.128. The van der Waals surface area contributed by atoms with Gasteiger partial charge in [-0.1, -0.05) is 0 Å². The van der Waals surface area contributed by atoms with Crippen LogP contribution in [0.2, 0.25) is 0 Å². The van der Waals surface area contributed by atoms with Crippen LogP contribution < -0.4 is 15.0 Å². The average Bonchev–Trinajstić information content (AvgIpc) is 3.49. The molecular formula is C28H29N5O4. The number of carbonyl (C=O) groups excluding carboxylic acids is 2. The molecule has 9 heteroatoms. The van der Waals surface area contributed by atoms with Gasteiger partial charge >= 0.3 is 0 Å². The van der Waals surface area contributed by atoms with Crippen LogP contribution in [0.1, 0.15) is 51.2 Å². The molecule has 4 aliphatic rings. The van der Waals surface area contributed by atoms with Gasteiger partial charge in [0, 0.05) is 59.7 Å². The molecule has 2 amide bonds. The summed E-state index contributed by atoms with van der Waals surface area (Å²) in [4.78, 5) is 36.9. The van der Waals surface area contributed by atoms with Gasteiger partial charge in [0.05, 0.1) is 6.04 Å². The zero-order valence-corrected chi connectivity index (χ0v) is 21.0. The summed E-state index contributed by atoms with van der Waals surface area (Å²) in [5.41, 5.74) is 5.27. The minimum Gasteiger partial charge on any atom is -0.485 e. The summed E-state index contributed by atoms with van der Waals surface area (Å²) >= 11 is 0. The second kappa shape index (κ2) is 9.06. The van der Waals surface area contributed by atoms with Crippen molar-refractivity contribution in [2.24, 2.45) is 4.99 Å². The highest BCUT2D eigenvalue weighted by molar-refractivity contribution is 5.96. The highest BCUT2D eigenvalue weighted by Gasteiger charge is 2.38. The van der Waals surface area contributed by atoms with E-state index in [0.717, 1.165) is 53.2 Å². The lowest BCUT2D eigenvalue weighted by Gasteiger charge is -2.31. The molecule has 0 bridgehead atoms. The fourth-order valence-electron chi connectivity index (χ4n) is 5.56. The zero-order valence-electron chi connectivity index (χ0n) is 21.0. The number of benzene rings is 1. The van der Waals surface area contributed by atoms with Crippen LogP contribution in [0.5, 0.6) is 5.75 Å². The monoisotopic (exact) mass is 499 g/mol. The molecule has 1 unspecified atom stereocenters. The summed E-state index contributed by atoms with van der Waals surface area (Å²) in [6.07, 6.45) is 6.27. The van der Waals surface area contributed by atoms with Crippen molar-refractivity contribution in [3.8, 4) is 16.9 Å². The number of hydrogen-bond donors (Lipinski definition) is 1. The van der Waals surface area contributed by atoms with Crippen molar-refractivity contribution in [2.45, 2.75) is 51.7 Å². The number of nitrogens with one attached hydrogen (secondary N) is 1. The van der Waals surface area contributed by atoms with Crippen LogP contribution in [0.3, 0.4) is 0 Å². The summed E-state index contributed by atoms with van der Waals surface area (Å²) < 4.78 is 12.0. The molecule has 0 aliphatic carbocycles. The third-order valence-corrected chi connectivity index (χ3v) is 7.36. The molecule has 6 rings (SSSR count). The van der Waals surface area contributed by atoms with Gasteiger partial charge < -0.3 is 24.6 Å². The van der Waals surface area contributed by atoms with Crippen LogP contribution >= 0.6 is 0 Å². The zero-order chi connectivity index (χ0) is 25.7. The standard InChI is InChI=1S/C28H29N5O4/c1-16(11-23-28(29-3)36-15-19-7-9-27(35)33(19)23)31-25-13-21-17(2)37-24-12-18(32-10-4-5-26(32)34)6-8-20(24)22(21)14-30-25/h6,8,11-14,17,19H,3-5,7,9-10,15H2,1-2H3,(H,30,31)/b16-11+/t17?,19-/m1/s1. The molecule has 0 saturated carbocycles. The molecule has 37 heavy (non-hydrogen) atoms. The Kier molecular flexibility index (Phi) is 5.70. The van der Waals surface area contributed by atoms with Gasteiger partial charge in [0.1, 0.15) is 30.0 Å². The largest absolute Gasteiger partial charge is 0.485 e. The number of allylic oxidation sites excluding steroid dienone is 2. The van der Waals surface area contributed by atoms with Crippen molar-refractivity contribution in [2.75, 3.05) is 23.4 Å². The molecule has 190 valence electrons. The molecule has 9 nitrogen and oxygen atoms in total. The molecule has 0 spiro atoms. The van der Waals surface area contributed by atoms with E-state index in [0.29, 0.717) is 36.8 Å². The summed E-state index contributed by atoms with van der Waals surface area (Å²) in [6, 6.07) is 7.95. The van der Waals surface area contributed by atoms with Crippen molar-refractivity contribution >= 4 is 30.0 Å². The summed E-state index contributed by atoms with van der Waals surface area (Å²) in [7, 11) is 0. The number of hydrogen-bond acceptors (Lipinski definition) is 7. The number of pyridine rings is 1. The van der Waals surface area contributed by atoms with Crippen LogP contribution in [0.25, 0.3) is 11.1 Å². The minimum absolute atomic E-state index is 0.0288. The van der Waals surface area contributed by atoms with Crippen LogP contribution in [-0.2, 0) is 14.3 Å². The van der Waals surface area contributed by atoms with Gasteiger partial charge in [0.2, 0.25) is 17.7 Å². The normalized spacial score (nSPS) is 22.8. The maximum absolute atomic E-state index is 12.5. The maximum Gasteiger partial charge on any atom is 0.237 e. The number of fused-ring (bicyclic) bond motifs is 4. The maximum atomic E-state index is 12.5. The van der Waals surface area contributed by atoms with E-state index in [9.17, 15) is 9.59 Å². The number of aromatic nitrogens is 1. The van der Waals surface area contributed by atoms with Crippen molar-refractivity contribution in [3.05, 3.63) is 59.4 Å². The van der Waals surface area contributed by atoms with E-state index in [-0.39, 0.29) is 24.0 Å². The van der Waals surface area contributed by atoms with E-state index in [2.05, 4.69) is 22.0 Å². The highest BCUT2D eigenvalue weighted by Crippen LogP contribution is 2.44. The van der Waals surface area contributed by atoms with E-state index in [4.69, 9.17) is 9.47 Å². The molecule has 2 saturated heterocycles. The lowest BCUT2D eigenvalue weighted by Crippen LogP contribution is -2.39. The van der Waals surface area contributed by atoms with Crippen molar-refractivity contribution in [3.63, 3.8) is 0 Å². The molecular weight excluding hydrogens is 470 g/mol. The molecule has 2 atom stereocenters. The first-order valence-electron chi connectivity index (χ1n) is 12.7. The number of aliphatic imine (C=N–C) groups is 1. The highest BCUT2D eigenvalue weighted by atomic mass is 16.5. The Morgan fingerprint density at radius 2 is 2.08 bits per heavy atom. The number of carbonyl (C=O) groups is 2. The SMILES string of the molecule is C=NC1=C(/C=C(\C)Nc2cc3c(cn2)-c2ccc(N4CCCC4=O)cc2OC3C)N2C(=O)CC[C@@H]2CO1. The molecule has 5 heterocycles. The van der Waals surface area contributed by atoms with E-state index < -0.39 is 0 Å². The fraction of sp³-hybridized carbons (Fsp3) is 0.357. The topological polar surface area (TPSA) is 96.4 Å². The van der Waals surface area contributed by atoms with Crippen molar-refractivity contribution in [1.82, 2.24) is 9.88 Å². The predicted octanol–water partition coefficient (Wildman–Crippen LogP) is 4.54. The molecule has 0 radical (unpaired) electrons. The van der Waals surface area contributed by atoms with E-state index in [1.165, 1.54) is 0 Å². The Bertz CT molecular complexity index is 1380. The van der Waals surface area contributed by atoms with E-state index in [1.54, 1.807) is 4.90 Å². The molecule has 2 fully saturated rings. The smallest absolute Gasteiger partial charge is 0.237 e. The van der Waals surface area contributed by atoms with Crippen LogP contribution in [0, 0.1) is 0 Å². The first kappa shape index (κ1) is 23.3. The number of rotatable bonds is 5. The molecule has 1 aromatic heterocycles. The Morgan fingerprint density at radius 3 is 2.86 bits per heavy atom. The summed E-state index contributed by atoms with van der Waals surface area (Å²) in [6.45, 7) is 8.70. The van der Waals surface area contributed by atoms with E-state index in [1.807, 2.05) is 55.3 Å². The quantitative estimate of drug-likeness (QED) is 0.607. The van der Waals surface area contributed by atoms with Gasteiger partial charge in [0.15, 0.2) is 0 Å². The fourth-order valence-corrected chi connectivity index (χ4v) is 5.56. The third-order valence-electron chi connectivity index (χ3n) is 7.36. The molecule has 4 aliphatic heterocycles. The third kappa shape index (κ3) is 4.04. The Labute approximate surface area is 215 Å². The predicted molar refractivity (Wildman–Crippen MR) is 140 cm³/mol. The first-order chi connectivity index (χ1) is 17.9. The second-order valence-corrected chi connectivity index (χ2v) is 9.81. The van der Waals surface area contributed by atoms with Gasteiger partial charge in [-0.2, -0.15) is 0 Å². The summed E-state index contributed by atoms with van der Waals surface area (Å²) in [5, 5.41) is 3.33. The summed E-state index contributed by atoms with van der Waals surface area (Å²) in [5.74, 6) is 2.01. The van der Waals surface area contributed by atoms with Gasteiger partial charge in [0.25, 0.3) is 0 Å². The van der Waals surface area contributed by atoms with Crippen molar-refractivity contribution < 1.29 is 19.1 Å². The second-order valence-electron chi connectivity index (χ2n) is 9.81. The van der Waals surface area contributed by atoms with Crippen LogP contribution in [0.4, 0.5) is 11.5 Å². The molecule has 1 N–H and O–H groups in total. The van der Waals surface area contributed by atoms with Gasteiger partial charge in [-0.25, -0.2) is 9.98 Å². The number of amides is 2. The number of ether oxygens (including phenoxy) is 2. The van der Waals surface area contributed by atoms with Gasteiger partial charge in [-0.3, -0.25) is 9.59 Å². The van der Waals surface area contributed by atoms with Gasteiger partial charge in [-0.15, -0.1) is 0 Å². The first-order valence-corrected chi connectivity index (χ1v) is 12.7. The molecule has 2 aromatic rings. The average molecular weight is 500 g/mol. The minimum atomic E-state index is -0.186. The van der Waals surface area contributed by atoms with Gasteiger partial charge in [-0.05, 0) is 57.7 Å². The Balaban J connectivity index is 1.27. The lowest BCUT2D eigenvalue weighted by atomic mass is 9.94. The number of nitrogens with zero attached hydrogens (tertiary/aromatic N) is 4. The van der Waals surface area contributed by atoms with Crippen LogP contribution in [-0.4, -0.2) is 47.6 Å². The van der Waals surface area contributed by atoms with Crippen molar-refractivity contribution in [1.29, 1.82) is 0 Å². The van der Waals surface area contributed by atoms with Crippen LogP contribution in [0.15, 0.2) is 58.8 Å². The van der Waals surface area contributed by atoms with E-state index >= 15 is 0 Å². The number of anilines is 2. The Morgan fingerprint density at radius 1 is 1.22 bits per heavy atom. The Hall–Kier alpha value is -4.14.